The molecule has 0 N–H and O–H groups in total. The summed E-state index contributed by atoms with van der Waals surface area (Å²) >= 11 is 0. The monoisotopic (exact) mass is 1330 g/mol. The molecule has 5 aromatic carbocycles. The first kappa shape index (κ1) is 71.1. The molecule has 5 aliphatic heterocycles. The molecular formula is C73H85NO22. The van der Waals surface area contributed by atoms with Crippen LogP contribution in [0.1, 0.15) is 135 Å². The number of ketones is 1. The first-order chi connectivity index (χ1) is 46.6. The minimum absolute atomic E-state index is 0.00241. The molecule has 10 rings (SSSR count). The third-order valence-corrected chi connectivity index (χ3v) is 17.0. The van der Waals surface area contributed by atoms with Gasteiger partial charge in [-0.2, -0.15) is 0 Å². The van der Waals surface area contributed by atoms with Gasteiger partial charge in [-0.1, -0.05) is 172 Å². The van der Waals surface area contributed by atoms with Crippen LogP contribution in [-0.2, 0) is 115 Å². The lowest BCUT2D eigenvalue weighted by molar-refractivity contribution is -0.404. The highest BCUT2D eigenvalue weighted by Crippen LogP contribution is 2.43. The molecule has 0 saturated carbocycles. The minimum atomic E-state index is -1.92. The molecule has 0 bridgehead atoms. The molecule has 23 heteroatoms. The van der Waals surface area contributed by atoms with E-state index in [0.717, 1.165) is 68.9 Å². The van der Waals surface area contributed by atoms with Gasteiger partial charge in [0.15, 0.2) is 43.5 Å². The zero-order valence-electron chi connectivity index (χ0n) is 54.6. The normalized spacial score (nSPS) is 27.8. The van der Waals surface area contributed by atoms with E-state index in [1.165, 1.54) is 19.1 Å². The lowest BCUT2D eigenvalue weighted by Gasteiger charge is -2.53. The van der Waals surface area contributed by atoms with Crippen molar-refractivity contribution in [1.29, 1.82) is 0 Å². The summed E-state index contributed by atoms with van der Waals surface area (Å²) in [6, 6.07) is 41.4. The molecule has 96 heavy (non-hydrogen) atoms. The molecule has 0 radical (unpaired) electrons. The number of imide groups is 1. The number of carbonyl (C=O) groups excluding carboxylic acids is 7. The average molecular weight is 1330 g/mol. The van der Waals surface area contributed by atoms with Crippen molar-refractivity contribution in [3.8, 4) is 0 Å². The Bertz CT molecular complexity index is 3310. The fraction of sp³-hybridized carbons (Fsp3) is 0.493. The van der Waals surface area contributed by atoms with Crippen molar-refractivity contribution in [3.05, 3.63) is 179 Å². The summed E-state index contributed by atoms with van der Waals surface area (Å²) in [6.07, 6.45) is -16.1. The summed E-state index contributed by atoms with van der Waals surface area (Å²) in [6.45, 7) is 6.01. The van der Waals surface area contributed by atoms with Gasteiger partial charge >= 0.3 is 23.9 Å². The molecule has 0 spiro atoms. The van der Waals surface area contributed by atoms with Crippen LogP contribution in [0.2, 0.25) is 0 Å². The Balaban J connectivity index is 1.14. The van der Waals surface area contributed by atoms with Crippen LogP contribution >= 0.6 is 0 Å². The molecule has 23 nitrogen and oxygen atoms in total. The van der Waals surface area contributed by atoms with E-state index in [-0.39, 0.29) is 69.4 Å². The zero-order chi connectivity index (χ0) is 67.5. The van der Waals surface area contributed by atoms with Crippen LogP contribution in [0.5, 0.6) is 0 Å². The summed E-state index contributed by atoms with van der Waals surface area (Å²) in [5.74, 6) is -5.23. The molecule has 0 aliphatic carbocycles. The summed E-state index contributed by atoms with van der Waals surface area (Å²) in [5, 5.41) is 0. The van der Waals surface area contributed by atoms with Crippen molar-refractivity contribution in [3.63, 3.8) is 0 Å². The summed E-state index contributed by atoms with van der Waals surface area (Å²) in [7, 11) is 0. The molecule has 4 fully saturated rings. The van der Waals surface area contributed by atoms with Crippen molar-refractivity contribution in [2.75, 3.05) is 26.4 Å². The Morgan fingerprint density at radius 2 is 1.02 bits per heavy atom. The van der Waals surface area contributed by atoms with Gasteiger partial charge in [0.2, 0.25) is 0 Å². The number of nitrogens with zero attached hydrogens (tertiary/aromatic N) is 1. The second kappa shape index (κ2) is 35.0. The number of rotatable bonds is 32. The van der Waals surface area contributed by atoms with Gasteiger partial charge in [0.25, 0.3) is 11.8 Å². The van der Waals surface area contributed by atoms with Gasteiger partial charge in [0, 0.05) is 39.4 Å². The van der Waals surface area contributed by atoms with E-state index in [4.69, 9.17) is 71.1 Å². The van der Waals surface area contributed by atoms with Gasteiger partial charge < -0.3 is 75.8 Å². The fourth-order valence-corrected chi connectivity index (χ4v) is 12.4. The number of ether oxygens (including phenoxy) is 15. The number of benzene rings is 5. The van der Waals surface area contributed by atoms with Crippen LogP contribution in [0.3, 0.4) is 0 Å². The predicted octanol–water partition coefficient (Wildman–Crippen LogP) is 9.18. The molecule has 1 unspecified atom stereocenters. The molecular weight excluding hydrogens is 1240 g/mol. The van der Waals surface area contributed by atoms with E-state index >= 15 is 9.59 Å². The highest BCUT2D eigenvalue weighted by Gasteiger charge is 2.62. The number of Topliss-reactive ketones (excluding diaryl/α,β-unsaturated/α-hetero) is 1. The molecule has 5 aliphatic rings. The summed E-state index contributed by atoms with van der Waals surface area (Å²) in [5.41, 5.74) is 2.87. The summed E-state index contributed by atoms with van der Waals surface area (Å²) in [4.78, 5) is 97.3. The third-order valence-electron chi connectivity index (χ3n) is 17.0. The molecule has 5 aromatic rings. The number of esters is 4. The molecule has 2 amide bonds. The Labute approximate surface area is 558 Å². The summed E-state index contributed by atoms with van der Waals surface area (Å²) < 4.78 is 101. The standard InChI is InChI=1S/C73H85NO22/c1-6-7-8-9-10-25-38-83-72-67(93-58(79)37-36-45(2)75)65(62-57(91-72)44-87-70(94-62)52-32-21-14-22-33-52)96-73-66(86-41-51-30-19-13-20-31-51)64(60(85-40-50-28-17-12-18-29-50)55(92-73)42-82-39-49-26-15-11-16-27-49)95-71-59(74-68(80)53-34-23-24-35-54(53)69(74)81)63(89-48(5)78)61(88-47(4)77)56(90-71)43-84-46(3)76/h11-24,26-35,55-57,59-67,70-73H,6-10,25,36-44H2,1-5H3/t55-,56-,57-,59-,60+,61+,62+,63-,64+,65+,66-,67-,70?,71+,72-,73-/m1/s1. The van der Waals surface area contributed by atoms with Gasteiger partial charge in [0.05, 0.1) is 50.6 Å². The minimum Gasteiger partial charge on any atom is -0.463 e. The zero-order valence-corrected chi connectivity index (χ0v) is 54.6. The molecule has 514 valence electrons. The molecule has 4 saturated heterocycles. The Morgan fingerprint density at radius 3 is 1.62 bits per heavy atom. The largest absolute Gasteiger partial charge is 0.463 e. The molecule has 0 aromatic heterocycles. The van der Waals surface area contributed by atoms with E-state index < -0.39 is 141 Å². The average Bonchev–Trinajstić information content (AvgIpc) is 1.42. The van der Waals surface area contributed by atoms with Crippen molar-refractivity contribution in [1.82, 2.24) is 4.90 Å². The van der Waals surface area contributed by atoms with E-state index in [1.54, 1.807) is 12.1 Å². The highest BCUT2D eigenvalue weighted by atomic mass is 16.8. The number of hydrogen-bond donors (Lipinski definition) is 0. The third kappa shape index (κ3) is 18.7. The van der Waals surface area contributed by atoms with Gasteiger partial charge in [-0.05, 0) is 42.2 Å². The highest BCUT2D eigenvalue weighted by molar-refractivity contribution is 6.21. The SMILES string of the molecule is CCCCCCCCO[C@@H]1O[C@@H]2COC(c3ccccc3)O[C@@H]2[C@H](O[C@H]2O[C@H](COCc3ccccc3)[C@H](OCc3ccccc3)[C@H](O[C@@H]3O[C@H](COC(C)=O)[C@H](OC(C)=O)[C@H](OC(C)=O)[C@H]3N3C(=O)c4ccccc4C3=O)[C@H]2OCc2ccccc2)[C@H]1OC(=O)CCC(C)=O. The van der Waals surface area contributed by atoms with E-state index in [2.05, 4.69) is 6.92 Å². The van der Waals surface area contributed by atoms with E-state index in [9.17, 15) is 24.0 Å². The van der Waals surface area contributed by atoms with Gasteiger partial charge in [-0.3, -0.25) is 33.7 Å². The Hall–Kier alpha value is -7.65. The maximum atomic E-state index is 15.1. The number of hydrogen-bond acceptors (Lipinski definition) is 22. The quantitative estimate of drug-likeness (QED) is 0.0168. The van der Waals surface area contributed by atoms with Gasteiger partial charge in [0.1, 0.15) is 67.3 Å². The maximum absolute atomic E-state index is 15.1. The number of unbranched alkanes of at least 4 members (excludes halogenated alkanes) is 5. The second-order valence-electron chi connectivity index (χ2n) is 24.3. The van der Waals surface area contributed by atoms with Crippen molar-refractivity contribution in [2.24, 2.45) is 0 Å². The second-order valence-corrected chi connectivity index (χ2v) is 24.3. The van der Waals surface area contributed by atoms with Crippen molar-refractivity contribution in [2.45, 2.75) is 204 Å². The Kier molecular flexibility index (Phi) is 26.0. The lowest BCUT2D eigenvalue weighted by Crippen LogP contribution is -2.71. The van der Waals surface area contributed by atoms with E-state index in [0.29, 0.717) is 17.5 Å². The van der Waals surface area contributed by atoms with Crippen LogP contribution in [-0.4, -0.2) is 165 Å². The van der Waals surface area contributed by atoms with Gasteiger partial charge in [-0.15, -0.1) is 0 Å². The first-order valence-electron chi connectivity index (χ1n) is 32.9. The smallest absolute Gasteiger partial charge is 0.306 e. The van der Waals surface area contributed by atoms with E-state index in [1.807, 2.05) is 121 Å². The van der Waals surface area contributed by atoms with Crippen LogP contribution in [0.25, 0.3) is 0 Å². The van der Waals surface area contributed by atoms with Crippen molar-refractivity contribution >= 4 is 41.5 Å². The van der Waals surface area contributed by atoms with Crippen LogP contribution < -0.4 is 0 Å². The predicted molar refractivity (Wildman–Crippen MR) is 339 cm³/mol. The fourth-order valence-electron chi connectivity index (χ4n) is 12.4. The van der Waals surface area contributed by atoms with Crippen LogP contribution in [0, 0.1) is 0 Å². The molecule has 16 atom stereocenters. The van der Waals surface area contributed by atoms with Crippen molar-refractivity contribution < 1.29 is 105 Å². The lowest BCUT2D eigenvalue weighted by atomic mass is 9.93. The van der Waals surface area contributed by atoms with Crippen LogP contribution in [0.15, 0.2) is 146 Å². The topological polar surface area (TPSA) is 261 Å². The first-order valence-corrected chi connectivity index (χ1v) is 32.9. The van der Waals surface area contributed by atoms with Gasteiger partial charge in [-0.25, -0.2) is 0 Å². The Morgan fingerprint density at radius 1 is 0.479 bits per heavy atom. The number of amides is 2. The number of fused-ring (bicyclic) bond motifs is 2. The maximum Gasteiger partial charge on any atom is 0.306 e. The van der Waals surface area contributed by atoms with Crippen LogP contribution in [0.4, 0.5) is 0 Å². The molecule has 5 heterocycles. The number of carbonyl (C=O) groups is 7.